The highest BCUT2D eigenvalue weighted by Crippen LogP contribution is 2.34. The Morgan fingerprint density at radius 1 is 0.550 bits per heavy atom. The second kappa shape index (κ2) is 4.42. The fourth-order valence-electron chi connectivity index (χ4n) is 2.65. The molecule has 2 aromatic heterocycles. The van der Waals surface area contributed by atoms with E-state index in [9.17, 15) is 0 Å². The summed E-state index contributed by atoms with van der Waals surface area (Å²) in [6.45, 7) is 0. The topological polar surface area (TPSA) is 26.3 Å². The van der Waals surface area contributed by atoms with Gasteiger partial charge in [-0.2, -0.15) is 0 Å². The Morgan fingerprint density at radius 2 is 1.05 bits per heavy atom. The molecule has 20 heavy (non-hydrogen) atoms. The van der Waals surface area contributed by atoms with E-state index in [1.165, 1.54) is 21.9 Å². The first-order valence-corrected chi connectivity index (χ1v) is 6.50. The average molecular weight is 260 g/mol. The molecule has 0 N–H and O–H groups in total. The summed E-state index contributed by atoms with van der Waals surface area (Å²) in [5.41, 5.74) is 4.56. The molecule has 2 heterocycles. The molecule has 0 spiro atoms. The van der Waals surface area contributed by atoms with E-state index in [0.717, 1.165) is 11.1 Å². The van der Waals surface area contributed by atoms with Crippen molar-refractivity contribution in [2.75, 3.05) is 0 Å². The molecule has 2 nitrogen and oxygen atoms in total. The first kappa shape index (κ1) is 11.1. The summed E-state index contributed by atoms with van der Waals surface area (Å²) in [6.07, 6.45) is 6.96. The van der Waals surface area contributed by atoms with Crippen molar-refractivity contribution in [2.45, 2.75) is 0 Å². The standard InChI is InChI=1S/C18H12O2/c1-3-15(13-7-9-19-11-13)18-6-2-4-16(17(18)5-1)14-8-10-20-12-14/h1-12H. The maximum absolute atomic E-state index is 5.21. The van der Waals surface area contributed by atoms with Gasteiger partial charge in [-0.1, -0.05) is 36.4 Å². The highest BCUT2D eigenvalue weighted by Gasteiger charge is 2.09. The van der Waals surface area contributed by atoms with Crippen molar-refractivity contribution in [3.05, 3.63) is 73.6 Å². The Kier molecular flexibility index (Phi) is 2.46. The van der Waals surface area contributed by atoms with E-state index in [-0.39, 0.29) is 0 Å². The predicted molar refractivity (Wildman–Crippen MR) is 79.4 cm³/mol. The van der Waals surface area contributed by atoms with E-state index in [1.54, 1.807) is 25.1 Å². The summed E-state index contributed by atoms with van der Waals surface area (Å²) in [6, 6.07) is 16.6. The monoisotopic (exact) mass is 260 g/mol. The van der Waals surface area contributed by atoms with Gasteiger partial charge in [0.05, 0.1) is 25.1 Å². The summed E-state index contributed by atoms with van der Waals surface area (Å²) in [7, 11) is 0. The highest BCUT2D eigenvalue weighted by molar-refractivity contribution is 6.04. The Hall–Kier alpha value is -2.74. The van der Waals surface area contributed by atoms with Crippen molar-refractivity contribution in [3.8, 4) is 22.3 Å². The second-order valence-electron chi connectivity index (χ2n) is 4.73. The van der Waals surface area contributed by atoms with Crippen molar-refractivity contribution in [1.82, 2.24) is 0 Å². The summed E-state index contributed by atoms with van der Waals surface area (Å²) >= 11 is 0. The molecule has 0 aliphatic rings. The van der Waals surface area contributed by atoms with Crippen LogP contribution in [0, 0.1) is 0 Å². The van der Waals surface area contributed by atoms with Gasteiger partial charge < -0.3 is 8.83 Å². The molecule has 0 saturated heterocycles. The number of hydrogen-bond donors (Lipinski definition) is 0. The minimum absolute atomic E-state index is 1.10. The molecular formula is C18H12O2. The predicted octanol–water partition coefficient (Wildman–Crippen LogP) is 5.36. The molecule has 0 amide bonds. The largest absolute Gasteiger partial charge is 0.472 e. The SMILES string of the molecule is c1cc(-c2ccoc2)c2cccc(-c3ccoc3)c2c1. The molecule has 4 aromatic rings. The molecule has 0 atom stereocenters. The van der Waals surface area contributed by atoms with Crippen molar-refractivity contribution in [3.63, 3.8) is 0 Å². The molecule has 0 fully saturated rings. The van der Waals surface area contributed by atoms with Crippen molar-refractivity contribution < 1.29 is 8.83 Å². The number of benzene rings is 2. The molecule has 4 rings (SSSR count). The van der Waals surface area contributed by atoms with Gasteiger partial charge in [-0.15, -0.1) is 0 Å². The van der Waals surface area contributed by atoms with Crippen LogP contribution in [-0.4, -0.2) is 0 Å². The molecule has 0 aliphatic carbocycles. The zero-order valence-corrected chi connectivity index (χ0v) is 10.7. The van der Waals surface area contributed by atoms with Gasteiger partial charge in [0.1, 0.15) is 0 Å². The molecule has 2 heteroatoms. The lowest BCUT2D eigenvalue weighted by molar-refractivity contribution is 0.568. The van der Waals surface area contributed by atoms with E-state index in [2.05, 4.69) is 36.4 Å². The average Bonchev–Trinajstić information content (AvgIpc) is 3.19. The van der Waals surface area contributed by atoms with Crippen molar-refractivity contribution in [2.24, 2.45) is 0 Å². The Balaban J connectivity index is 2.04. The molecule has 0 aliphatic heterocycles. The molecule has 0 radical (unpaired) electrons. The summed E-state index contributed by atoms with van der Waals surface area (Å²) < 4.78 is 10.4. The van der Waals surface area contributed by atoms with Crippen LogP contribution in [0.3, 0.4) is 0 Å². The lowest BCUT2D eigenvalue weighted by Crippen LogP contribution is -1.82. The van der Waals surface area contributed by atoms with Crippen LogP contribution in [0.4, 0.5) is 0 Å². The zero-order valence-electron chi connectivity index (χ0n) is 10.7. The number of furan rings is 2. The van der Waals surface area contributed by atoms with Crippen LogP contribution in [0.1, 0.15) is 0 Å². The fraction of sp³-hybridized carbons (Fsp3) is 0. The van der Waals surface area contributed by atoms with Crippen LogP contribution in [0.25, 0.3) is 33.0 Å². The van der Waals surface area contributed by atoms with Gasteiger partial charge in [-0.05, 0) is 34.0 Å². The number of rotatable bonds is 2. The van der Waals surface area contributed by atoms with Crippen LogP contribution in [0.15, 0.2) is 82.4 Å². The maximum atomic E-state index is 5.21. The van der Waals surface area contributed by atoms with Gasteiger partial charge in [0, 0.05) is 11.1 Å². The van der Waals surface area contributed by atoms with Crippen LogP contribution in [0.2, 0.25) is 0 Å². The quantitative estimate of drug-likeness (QED) is 0.485. The first-order chi connectivity index (χ1) is 9.93. The van der Waals surface area contributed by atoms with Gasteiger partial charge in [-0.25, -0.2) is 0 Å². The van der Waals surface area contributed by atoms with Crippen molar-refractivity contribution in [1.29, 1.82) is 0 Å². The highest BCUT2D eigenvalue weighted by atomic mass is 16.3. The van der Waals surface area contributed by atoms with Crippen LogP contribution in [-0.2, 0) is 0 Å². The van der Waals surface area contributed by atoms with Gasteiger partial charge in [0.2, 0.25) is 0 Å². The summed E-state index contributed by atoms with van der Waals surface area (Å²) in [5, 5.41) is 2.43. The molecular weight excluding hydrogens is 248 g/mol. The van der Waals surface area contributed by atoms with Gasteiger partial charge in [-0.3, -0.25) is 0 Å². The Labute approximate surface area is 116 Å². The van der Waals surface area contributed by atoms with E-state index >= 15 is 0 Å². The normalized spacial score (nSPS) is 11.0. The second-order valence-corrected chi connectivity index (χ2v) is 4.73. The molecule has 0 saturated carbocycles. The molecule has 0 unspecified atom stereocenters. The van der Waals surface area contributed by atoms with Crippen LogP contribution >= 0.6 is 0 Å². The zero-order chi connectivity index (χ0) is 13.4. The summed E-state index contributed by atoms with van der Waals surface area (Å²) in [4.78, 5) is 0. The minimum atomic E-state index is 1.10. The van der Waals surface area contributed by atoms with Gasteiger partial charge in [0.25, 0.3) is 0 Å². The van der Waals surface area contributed by atoms with Crippen LogP contribution < -0.4 is 0 Å². The fourth-order valence-corrected chi connectivity index (χ4v) is 2.65. The lowest BCUT2D eigenvalue weighted by atomic mass is 9.95. The molecule has 0 bridgehead atoms. The Morgan fingerprint density at radius 3 is 1.45 bits per heavy atom. The Bertz CT molecular complexity index is 767. The summed E-state index contributed by atoms with van der Waals surface area (Å²) in [5.74, 6) is 0. The lowest BCUT2D eigenvalue weighted by Gasteiger charge is -2.08. The molecule has 96 valence electrons. The smallest absolute Gasteiger partial charge is 0.0981 e. The number of fused-ring (bicyclic) bond motifs is 1. The molecule has 2 aromatic carbocycles. The van der Waals surface area contributed by atoms with Crippen molar-refractivity contribution >= 4 is 10.8 Å². The third-order valence-corrected chi connectivity index (χ3v) is 3.59. The van der Waals surface area contributed by atoms with Crippen LogP contribution in [0.5, 0.6) is 0 Å². The maximum Gasteiger partial charge on any atom is 0.0981 e. The minimum Gasteiger partial charge on any atom is -0.472 e. The third-order valence-electron chi connectivity index (χ3n) is 3.59. The van der Waals surface area contributed by atoms with E-state index in [4.69, 9.17) is 8.83 Å². The van der Waals surface area contributed by atoms with Gasteiger partial charge >= 0.3 is 0 Å². The van der Waals surface area contributed by atoms with E-state index in [0.29, 0.717) is 0 Å². The van der Waals surface area contributed by atoms with E-state index < -0.39 is 0 Å². The van der Waals surface area contributed by atoms with Gasteiger partial charge in [0.15, 0.2) is 0 Å². The first-order valence-electron chi connectivity index (χ1n) is 6.50. The number of hydrogen-bond acceptors (Lipinski definition) is 2. The third kappa shape index (κ3) is 1.66. The van der Waals surface area contributed by atoms with E-state index in [1.807, 2.05) is 12.1 Å².